The molecule has 5 nitrogen and oxygen atoms in total. The molecule has 0 bridgehead atoms. The molecular formula is C16H19NO4. The van der Waals surface area contributed by atoms with E-state index in [1.54, 1.807) is 18.2 Å². The van der Waals surface area contributed by atoms with Gasteiger partial charge in [0, 0.05) is 18.2 Å². The number of aliphatic carboxylic acids is 1. The summed E-state index contributed by atoms with van der Waals surface area (Å²) in [5.74, 6) is -1.18. The first-order valence-electron chi connectivity index (χ1n) is 6.82. The molecule has 1 heterocycles. The van der Waals surface area contributed by atoms with Crippen LogP contribution in [0.2, 0.25) is 0 Å². The highest BCUT2D eigenvalue weighted by atomic mass is 16.5. The number of hydrogen-bond acceptors (Lipinski definition) is 3. The maximum absolute atomic E-state index is 12.4. The first-order chi connectivity index (χ1) is 9.91. The zero-order valence-electron chi connectivity index (χ0n) is 12.2. The van der Waals surface area contributed by atoms with Gasteiger partial charge in [0.15, 0.2) is 0 Å². The lowest BCUT2D eigenvalue weighted by Crippen LogP contribution is -2.46. The fraction of sp³-hybridized carbons (Fsp3) is 0.375. The van der Waals surface area contributed by atoms with Crippen LogP contribution < -0.4 is 5.32 Å². The van der Waals surface area contributed by atoms with E-state index < -0.39 is 5.97 Å². The van der Waals surface area contributed by atoms with Crippen LogP contribution in [0.25, 0.3) is 6.08 Å². The normalized spacial score (nSPS) is 21.6. The number of carbonyl (C=O) groups is 2. The second-order valence-electron chi connectivity index (χ2n) is 5.51. The van der Waals surface area contributed by atoms with E-state index >= 15 is 0 Å². The van der Waals surface area contributed by atoms with Gasteiger partial charge in [0.25, 0.3) is 5.91 Å². The molecular weight excluding hydrogens is 270 g/mol. The van der Waals surface area contributed by atoms with E-state index in [1.165, 1.54) is 6.08 Å². The zero-order chi connectivity index (χ0) is 15.5. The van der Waals surface area contributed by atoms with Crippen molar-refractivity contribution in [1.82, 2.24) is 5.32 Å². The summed E-state index contributed by atoms with van der Waals surface area (Å²) in [7, 11) is 0. The number of ether oxygens (including phenoxy) is 1. The summed E-state index contributed by atoms with van der Waals surface area (Å²) in [5, 5.41) is 11.7. The number of amides is 1. The smallest absolute Gasteiger partial charge is 0.328 e. The molecule has 0 saturated carbocycles. The summed E-state index contributed by atoms with van der Waals surface area (Å²) < 4.78 is 5.32. The monoisotopic (exact) mass is 289 g/mol. The molecule has 0 aromatic heterocycles. The number of carboxylic acid groups (broad SMARTS) is 1. The molecule has 0 spiro atoms. The topological polar surface area (TPSA) is 75.6 Å². The van der Waals surface area contributed by atoms with Gasteiger partial charge in [0.05, 0.1) is 12.1 Å². The van der Waals surface area contributed by atoms with Crippen LogP contribution in [0.1, 0.15) is 34.8 Å². The van der Waals surface area contributed by atoms with Crippen LogP contribution in [-0.2, 0) is 9.53 Å². The van der Waals surface area contributed by atoms with Gasteiger partial charge in [0.1, 0.15) is 0 Å². The highest BCUT2D eigenvalue weighted by Gasteiger charge is 2.31. The average Bonchev–Trinajstić information content (AvgIpc) is 2.83. The second kappa shape index (κ2) is 6.10. The van der Waals surface area contributed by atoms with Crippen LogP contribution in [0.3, 0.4) is 0 Å². The molecule has 1 aromatic rings. The number of benzene rings is 1. The molecule has 1 aliphatic rings. The Hall–Kier alpha value is -2.14. The average molecular weight is 289 g/mol. The molecule has 1 amide bonds. The summed E-state index contributed by atoms with van der Waals surface area (Å²) in [4.78, 5) is 23.0. The van der Waals surface area contributed by atoms with E-state index in [0.717, 1.165) is 23.6 Å². The molecule has 2 rings (SSSR count). The van der Waals surface area contributed by atoms with E-state index in [0.29, 0.717) is 18.8 Å². The maximum Gasteiger partial charge on any atom is 0.328 e. The third kappa shape index (κ3) is 3.70. The molecule has 1 aromatic carbocycles. The van der Waals surface area contributed by atoms with Gasteiger partial charge in [-0.15, -0.1) is 0 Å². The highest BCUT2D eigenvalue weighted by Crippen LogP contribution is 2.20. The van der Waals surface area contributed by atoms with Gasteiger partial charge in [-0.05, 0) is 43.5 Å². The summed E-state index contributed by atoms with van der Waals surface area (Å²) in [6.45, 7) is 4.93. The zero-order valence-corrected chi connectivity index (χ0v) is 12.2. The van der Waals surface area contributed by atoms with Crippen molar-refractivity contribution >= 4 is 18.0 Å². The van der Waals surface area contributed by atoms with Crippen LogP contribution in [-0.4, -0.2) is 35.7 Å². The summed E-state index contributed by atoms with van der Waals surface area (Å²) >= 11 is 0. The van der Waals surface area contributed by atoms with Gasteiger partial charge < -0.3 is 15.2 Å². The first-order valence-corrected chi connectivity index (χ1v) is 6.82. The predicted molar refractivity (Wildman–Crippen MR) is 79.2 cm³/mol. The SMILES string of the molecule is Cc1c(/C=C/C(=O)O)cccc1C(=O)NC1(C)CCOC1. The lowest BCUT2D eigenvalue weighted by Gasteiger charge is -2.24. The molecule has 1 saturated heterocycles. The van der Waals surface area contributed by atoms with Gasteiger partial charge in [-0.2, -0.15) is 0 Å². The number of hydrogen-bond donors (Lipinski definition) is 2. The van der Waals surface area contributed by atoms with Gasteiger partial charge in [-0.3, -0.25) is 4.79 Å². The number of rotatable bonds is 4. The van der Waals surface area contributed by atoms with Crippen LogP contribution in [0.5, 0.6) is 0 Å². The minimum absolute atomic E-state index is 0.161. The van der Waals surface area contributed by atoms with Gasteiger partial charge in [-0.25, -0.2) is 4.79 Å². The van der Waals surface area contributed by atoms with Crippen molar-refractivity contribution in [3.05, 3.63) is 41.0 Å². The Balaban J connectivity index is 2.21. The van der Waals surface area contributed by atoms with E-state index in [1.807, 2.05) is 13.8 Å². The van der Waals surface area contributed by atoms with E-state index in [9.17, 15) is 9.59 Å². The van der Waals surface area contributed by atoms with Crippen molar-refractivity contribution in [2.24, 2.45) is 0 Å². The van der Waals surface area contributed by atoms with Crippen molar-refractivity contribution in [2.45, 2.75) is 25.8 Å². The van der Waals surface area contributed by atoms with Crippen molar-refractivity contribution < 1.29 is 19.4 Å². The van der Waals surface area contributed by atoms with E-state index in [2.05, 4.69) is 5.32 Å². The quantitative estimate of drug-likeness (QED) is 0.831. The minimum Gasteiger partial charge on any atom is -0.478 e. The molecule has 1 unspecified atom stereocenters. The predicted octanol–water partition coefficient (Wildman–Crippen LogP) is 2.00. The molecule has 21 heavy (non-hydrogen) atoms. The lowest BCUT2D eigenvalue weighted by atomic mass is 9.98. The third-order valence-corrected chi connectivity index (χ3v) is 3.66. The van der Waals surface area contributed by atoms with Crippen LogP contribution >= 0.6 is 0 Å². The summed E-state index contributed by atoms with van der Waals surface area (Å²) in [5.41, 5.74) is 1.69. The van der Waals surface area contributed by atoms with Gasteiger partial charge >= 0.3 is 5.97 Å². The fourth-order valence-electron chi connectivity index (χ4n) is 2.35. The number of carbonyl (C=O) groups excluding carboxylic acids is 1. The van der Waals surface area contributed by atoms with Crippen molar-refractivity contribution in [1.29, 1.82) is 0 Å². The molecule has 1 aliphatic heterocycles. The maximum atomic E-state index is 12.4. The van der Waals surface area contributed by atoms with Crippen LogP contribution in [0.15, 0.2) is 24.3 Å². The third-order valence-electron chi connectivity index (χ3n) is 3.66. The number of nitrogens with one attached hydrogen (secondary N) is 1. The van der Waals surface area contributed by atoms with Gasteiger partial charge in [-0.1, -0.05) is 12.1 Å². The molecule has 2 N–H and O–H groups in total. The van der Waals surface area contributed by atoms with Gasteiger partial charge in [0.2, 0.25) is 0 Å². The van der Waals surface area contributed by atoms with Crippen LogP contribution in [0.4, 0.5) is 0 Å². The largest absolute Gasteiger partial charge is 0.478 e. The minimum atomic E-state index is -1.01. The Morgan fingerprint density at radius 3 is 2.81 bits per heavy atom. The van der Waals surface area contributed by atoms with Crippen molar-refractivity contribution in [3.63, 3.8) is 0 Å². The molecule has 112 valence electrons. The highest BCUT2D eigenvalue weighted by molar-refractivity contribution is 5.97. The molecule has 1 fully saturated rings. The molecule has 0 aliphatic carbocycles. The van der Waals surface area contributed by atoms with Crippen molar-refractivity contribution in [3.8, 4) is 0 Å². The van der Waals surface area contributed by atoms with Crippen LogP contribution in [0, 0.1) is 6.92 Å². The molecule has 5 heteroatoms. The summed E-state index contributed by atoms with van der Waals surface area (Å²) in [6, 6.07) is 5.27. The standard InChI is InChI=1S/C16H19NO4/c1-11-12(6-7-14(18)19)4-3-5-13(11)15(20)17-16(2)8-9-21-10-16/h3-7H,8-10H2,1-2H3,(H,17,20)(H,18,19)/b7-6+. The fourth-order valence-corrected chi connectivity index (χ4v) is 2.35. The molecule has 0 radical (unpaired) electrons. The Bertz CT molecular complexity index is 586. The Labute approximate surface area is 123 Å². The van der Waals surface area contributed by atoms with E-state index in [4.69, 9.17) is 9.84 Å². The summed E-state index contributed by atoms with van der Waals surface area (Å²) in [6.07, 6.45) is 3.35. The lowest BCUT2D eigenvalue weighted by molar-refractivity contribution is -0.131. The molecule has 1 atom stereocenters. The first kappa shape index (κ1) is 15.3. The van der Waals surface area contributed by atoms with E-state index in [-0.39, 0.29) is 11.4 Å². The Kier molecular flexibility index (Phi) is 4.43. The van der Waals surface area contributed by atoms with Crippen molar-refractivity contribution in [2.75, 3.05) is 13.2 Å². The second-order valence-corrected chi connectivity index (χ2v) is 5.51. The Morgan fingerprint density at radius 2 is 2.19 bits per heavy atom. The Morgan fingerprint density at radius 1 is 1.43 bits per heavy atom. The number of carboxylic acids is 1.